The molecule has 2 aromatic rings. The first-order chi connectivity index (χ1) is 11.4. The molecular formula is C18H19F2NO3. The molecule has 6 heteroatoms. The average Bonchev–Trinajstić information content (AvgIpc) is 2.53. The summed E-state index contributed by atoms with van der Waals surface area (Å²) in [5.41, 5.74) is 2.48. The van der Waals surface area contributed by atoms with Crippen LogP contribution in [0.2, 0.25) is 0 Å². The lowest BCUT2D eigenvalue weighted by Crippen LogP contribution is -2.29. The molecule has 24 heavy (non-hydrogen) atoms. The van der Waals surface area contributed by atoms with E-state index in [9.17, 15) is 18.7 Å². The molecule has 0 saturated heterocycles. The SMILES string of the molecule is Cc1cccc(CC(=O)NC[C@@H](O)c2ccc(OC(F)F)cc2)c1. The Balaban J connectivity index is 1.83. The molecule has 0 fully saturated rings. The van der Waals surface area contributed by atoms with Gasteiger partial charge in [0.1, 0.15) is 5.75 Å². The van der Waals surface area contributed by atoms with E-state index in [-0.39, 0.29) is 24.6 Å². The molecule has 0 bridgehead atoms. The van der Waals surface area contributed by atoms with E-state index in [1.807, 2.05) is 31.2 Å². The minimum absolute atomic E-state index is 0.0180. The van der Waals surface area contributed by atoms with Gasteiger partial charge in [-0.2, -0.15) is 8.78 Å². The van der Waals surface area contributed by atoms with Gasteiger partial charge in [0.25, 0.3) is 0 Å². The second-order valence-electron chi connectivity index (χ2n) is 5.43. The molecule has 4 nitrogen and oxygen atoms in total. The zero-order valence-corrected chi connectivity index (χ0v) is 13.2. The van der Waals surface area contributed by atoms with Gasteiger partial charge in [0.2, 0.25) is 5.91 Å². The number of ether oxygens (including phenoxy) is 1. The number of rotatable bonds is 7. The van der Waals surface area contributed by atoms with Gasteiger partial charge in [0, 0.05) is 6.54 Å². The summed E-state index contributed by atoms with van der Waals surface area (Å²) in [4.78, 5) is 11.9. The van der Waals surface area contributed by atoms with Crippen molar-refractivity contribution < 1.29 is 23.4 Å². The molecular weight excluding hydrogens is 316 g/mol. The fraction of sp³-hybridized carbons (Fsp3) is 0.278. The van der Waals surface area contributed by atoms with Gasteiger partial charge >= 0.3 is 6.61 Å². The standard InChI is InChI=1S/C18H19F2NO3/c1-12-3-2-4-13(9-12)10-17(23)21-11-16(22)14-5-7-15(8-6-14)24-18(19)20/h2-9,16,18,22H,10-11H2,1H3,(H,21,23)/t16-/m1/s1. The van der Waals surface area contributed by atoms with Crippen molar-refractivity contribution in [2.45, 2.75) is 26.1 Å². The van der Waals surface area contributed by atoms with E-state index >= 15 is 0 Å². The third-order valence-corrected chi connectivity index (χ3v) is 3.43. The third kappa shape index (κ3) is 5.62. The highest BCUT2D eigenvalue weighted by molar-refractivity contribution is 5.78. The molecule has 0 saturated carbocycles. The first kappa shape index (κ1) is 17.9. The maximum Gasteiger partial charge on any atom is 0.387 e. The van der Waals surface area contributed by atoms with Crippen LogP contribution in [0, 0.1) is 6.92 Å². The summed E-state index contributed by atoms with van der Waals surface area (Å²) in [7, 11) is 0. The molecule has 0 aliphatic rings. The Morgan fingerprint density at radius 3 is 2.54 bits per heavy atom. The number of aryl methyl sites for hydroxylation is 1. The first-order valence-electron chi connectivity index (χ1n) is 7.49. The number of nitrogens with one attached hydrogen (secondary N) is 1. The van der Waals surface area contributed by atoms with Crippen LogP contribution in [0.15, 0.2) is 48.5 Å². The third-order valence-electron chi connectivity index (χ3n) is 3.43. The molecule has 0 aromatic heterocycles. The normalized spacial score (nSPS) is 12.0. The van der Waals surface area contributed by atoms with E-state index in [1.54, 1.807) is 0 Å². The van der Waals surface area contributed by atoms with E-state index in [4.69, 9.17) is 0 Å². The molecule has 1 atom stereocenters. The number of benzene rings is 2. The molecule has 0 spiro atoms. The number of hydrogen-bond donors (Lipinski definition) is 2. The van der Waals surface area contributed by atoms with Crippen LogP contribution < -0.4 is 10.1 Å². The van der Waals surface area contributed by atoms with E-state index in [0.717, 1.165) is 11.1 Å². The summed E-state index contributed by atoms with van der Waals surface area (Å²) >= 11 is 0. The van der Waals surface area contributed by atoms with Gasteiger partial charge < -0.3 is 15.2 Å². The van der Waals surface area contributed by atoms with Crippen LogP contribution in [-0.4, -0.2) is 24.2 Å². The Morgan fingerprint density at radius 1 is 1.21 bits per heavy atom. The largest absolute Gasteiger partial charge is 0.435 e. The molecule has 128 valence electrons. The van der Waals surface area contributed by atoms with Crippen LogP contribution in [0.3, 0.4) is 0 Å². The summed E-state index contributed by atoms with van der Waals surface area (Å²) < 4.78 is 28.4. The maximum absolute atomic E-state index is 12.1. The highest BCUT2D eigenvalue weighted by Gasteiger charge is 2.11. The van der Waals surface area contributed by atoms with Gasteiger partial charge in [-0.25, -0.2) is 0 Å². The number of carbonyl (C=O) groups excluding carboxylic acids is 1. The van der Waals surface area contributed by atoms with Gasteiger partial charge in [-0.05, 0) is 30.2 Å². The minimum Gasteiger partial charge on any atom is -0.435 e. The monoisotopic (exact) mass is 335 g/mol. The van der Waals surface area contributed by atoms with E-state index in [1.165, 1.54) is 24.3 Å². The van der Waals surface area contributed by atoms with Crippen LogP contribution in [0.1, 0.15) is 22.8 Å². The molecule has 0 radical (unpaired) electrons. The topological polar surface area (TPSA) is 58.6 Å². The van der Waals surface area contributed by atoms with Crippen molar-refractivity contribution in [1.82, 2.24) is 5.32 Å². The van der Waals surface area contributed by atoms with Crippen molar-refractivity contribution in [2.75, 3.05) is 6.54 Å². The number of aliphatic hydroxyl groups excluding tert-OH is 1. The van der Waals surface area contributed by atoms with Gasteiger partial charge in [-0.3, -0.25) is 4.79 Å². The summed E-state index contributed by atoms with van der Waals surface area (Å²) in [5.74, 6) is -0.179. The Hall–Kier alpha value is -2.47. The summed E-state index contributed by atoms with van der Waals surface area (Å²) in [6, 6.07) is 13.3. The van der Waals surface area contributed by atoms with Crippen LogP contribution in [0.4, 0.5) is 8.78 Å². The first-order valence-corrected chi connectivity index (χ1v) is 7.49. The van der Waals surface area contributed by atoms with Crippen LogP contribution in [0.5, 0.6) is 5.75 Å². The van der Waals surface area contributed by atoms with Gasteiger partial charge in [-0.1, -0.05) is 42.0 Å². The second kappa shape index (κ2) is 8.40. The Labute approximate surface area is 139 Å². The van der Waals surface area contributed by atoms with Crippen molar-refractivity contribution >= 4 is 5.91 Å². The van der Waals surface area contributed by atoms with Crippen molar-refractivity contribution in [3.63, 3.8) is 0 Å². The van der Waals surface area contributed by atoms with Crippen LogP contribution in [0.25, 0.3) is 0 Å². The number of aliphatic hydroxyl groups is 1. The number of carbonyl (C=O) groups is 1. The van der Waals surface area contributed by atoms with Gasteiger partial charge in [-0.15, -0.1) is 0 Å². The van der Waals surface area contributed by atoms with E-state index in [0.29, 0.717) is 5.56 Å². The smallest absolute Gasteiger partial charge is 0.387 e. The van der Waals surface area contributed by atoms with Crippen molar-refractivity contribution in [2.24, 2.45) is 0 Å². The maximum atomic E-state index is 12.1. The van der Waals surface area contributed by atoms with E-state index < -0.39 is 12.7 Å². The minimum atomic E-state index is -2.89. The molecule has 2 N–H and O–H groups in total. The van der Waals surface area contributed by atoms with Gasteiger partial charge in [0.15, 0.2) is 0 Å². The molecule has 0 aliphatic carbocycles. The Bertz CT molecular complexity index is 674. The molecule has 2 rings (SSSR count). The van der Waals surface area contributed by atoms with Crippen molar-refractivity contribution in [1.29, 1.82) is 0 Å². The lowest BCUT2D eigenvalue weighted by atomic mass is 10.1. The highest BCUT2D eigenvalue weighted by atomic mass is 19.3. The highest BCUT2D eigenvalue weighted by Crippen LogP contribution is 2.19. The fourth-order valence-corrected chi connectivity index (χ4v) is 2.27. The summed E-state index contributed by atoms with van der Waals surface area (Å²) in [6.45, 7) is -0.895. The summed E-state index contributed by atoms with van der Waals surface area (Å²) in [6.07, 6.45) is -0.692. The molecule has 1 amide bonds. The van der Waals surface area contributed by atoms with Crippen molar-refractivity contribution in [3.8, 4) is 5.75 Å². The number of halogens is 2. The lowest BCUT2D eigenvalue weighted by Gasteiger charge is -2.13. The quantitative estimate of drug-likeness (QED) is 0.818. The predicted molar refractivity (Wildman–Crippen MR) is 85.9 cm³/mol. The van der Waals surface area contributed by atoms with Crippen molar-refractivity contribution in [3.05, 3.63) is 65.2 Å². The summed E-state index contributed by atoms with van der Waals surface area (Å²) in [5, 5.41) is 12.7. The lowest BCUT2D eigenvalue weighted by molar-refractivity contribution is -0.120. The molecule has 2 aromatic carbocycles. The molecule has 0 heterocycles. The predicted octanol–water partition coefficient (Wildman–Crippen LogP) is 2.99. The van der Waals surface area contributed by atoms with E-state index in [2.05, 4.69) is 10.1 Å². The zero-order valence-electron chi connectivity index (χ0n) is 13.2. The number of amides is 1. The average molecular weight is 335 g/mol. The second-order valence-corrected chi connectivity index (χ2v) is 5.43. The Morgan fingerprint density at radius 2 is 1.92 bits per heavy atom. The van der Waals surface area contributed by atoms with Crippen LogP contribution >= 0.6 is 0 Å². The molecule has 0 unspecified atom stereocenters. The fourth-order valence-electron chi connectivity index (χ4n) is 2.27. The van der Waals surface area contributed by atoms with Crippen LogP contribution in [-0.2, 0) is 11.2 Å². The number of hydrogen-bond acceptors (Lipinski definition) is 3. The molecule has 0 aliphatic heterocycles. The van der Waals surface area contributed by atoms with Gasteiger partial charge in [0.05, 0.1) is 12.5 Å². The zero-order chi connectivity index (χ0) is 17.5. The number of alkyl halides is 2. The Kier molecular flexibility index (Phi) is 6.26.